The lowest BCUT2D eigenvalue weighted by Gasteiger charge is -2.19. The molecule has 0 aromatic carbocycles. The molecule has 24 nitrogen and oxygen atoms in total. The molecular weight excluding hydrogens is 684 g/mol. The van der Waals surface area contributed by atoms with E-state index in [4.69, 9.17) is 40.7 Å². The maximum absolute atomic E-state index is 11.8. The molecule has 3 aromatic heterocycles. The smallest absolute Gasteiger partial charge is 0.387 e. The molecule has 1 fully saturated rings. The third-order valence-electron chi connectivity index (χ3n) is 5.21. The number of nitrogens with zero attached hydrogens (tertiary/aromatic N) is 6. The van der Waals surface area contributed by atoms with E-state index in [1.807, 2.05) is 0 Å². The number of hydrogen-bond donors (Lipinski definition) is 10. The zero-order valence-electron chi connectivity index (χ0n) is 21.9. The molecule has 2 unspecified atom stereocenters. The van der Waals surface area contributed by atoms with Crippen molar-refractivity contribution in [1.82, 2.24) is 29.5 Å². The van der Waals surface area contributed by atoms with Crippen LogP contribution in [0.15, 0.2) is 18.9 Å². The van der Waals surface area contributed by atoms with Crippen LogP contribution < -0.4 is 11.5 Å². The zero-order chi connectivity index (χ0) is 33.3. The van der Waals surface area contributed by atoms with E-state index >= 15 is 0 Å². The molecule has 0 radical (unpaired) electrons. The largest absolute Gasteiger partial charge is 0.490 e. The minimum atomic E-state index is -5.70. The first-order valence-electron chi connectivity index (χ1n) is 11.4. The van der Waals surface area contributed by atoms with Crippen molar-refractivity contribution in [2.24, 2.45) is 0 Å². The lowest BCUT2D eigenvalue weighted by atomic mass is 10.1. The highest BCUT2D eigenvalue weighted by molar-refractivity contribution is 7.66. The SMILES string of the molecule is Cc1ncc(CP(=O)(O)O)c(N)n1.Nc1ncnc2c1ncn2[C@@H]1O[C@H](COP(=O)(O)OP(=O)(O)OP(=O)(O)O)[C@@H](O)[C@H]1O. The fourth-order valence-electron chi connectivity index (χ4n) is 3.48. The van der Waals surface area contributed by atoms with E-state index < -0.39 is 68.4 Å². The first kappa shape index (κ1) is 36.1. The second-order valence-corrected chi connectivity index (χ2v) is 14.7. The summed E-state index contributed by atoms with van der Waals surface area (Å²) in [4.78, 5) is 72.1. The van der Waals surface area contributed by atoms with Crippen molar-refractivity contribution in [3.05, 3.63) is 30.2 Å². The van der Waals surface area contributed by atoms with E-state index in [0.717, 1.165) is 6.33 Å². The molecule has 246 valence electrons. The first-order valence-corrected chi connectivity index (χ1v) is 17.7. The highest BCUT2D eigenvalue weighted by Gasteiger charge is 2.47. The Morgan fingerprint density at radius 3 is 2.16 bits per heavy atom. The van der Waals surface area contributed by atoms with Gasteiger partial charge in [0.15, 0.2) is 17.7 Å². The van der Waals surface area contributed by atoms with Crippen molar-refractivity contribution in [2.45, 2.75) is 37.6 Å². The molecule has 3 aromatic rings. The number of imidazole rings is 1. The van der Waals surface area contributed by atoms with Gasteiger partial charge in [0.25, 0.3) is 0 Å². The monoisotopic (exact) mass is 710 g/mol. The average Bonchev–Trinajstić information content (AvgIpc) is 3.39. The summed E-state index contributed by atoms with van der Waals surface area (Å²) in [6.07, 6.45) is -2.78. The summed E-state index contributed by atoms with van der Waals surface area (Å²) in [6.45, 7) is 0.694. The van der Waals surface area contributed by atoms with Crippen molar-refractivity contribution in [3.8, 4) is 0 Å². The van der Waals surface area contributed by atoms with Crippen LogP contribution in [0.1, 0.15) is 17.6 Å². The standard InChI is InChI=1S/C10H16N5O13P3.C6H10N3O3P/c11-8-5-9(13-2-12-8)15(3-14-5)10-7(17)6(16)4(26-10)1-25-30(21,22)28-31(23,24)27-29(18,19)20;1-4-8-2-5(6(7)9-4)3-13(10,11)12/h2-4,6-7,10,16-17H,1H2,(H,21,22)(H,23,24)(H2,11,12,13)(H2,18,19,20);2H,3H2,1H3,(H2,7,8,9)(H2,10,11,12)/t4-,6-,7-,10-;/m1./s1. The Kier molecular flexibility index (Phi) is 11.1. The third kappa shape index (κ3) is 10.1. The molecular formula is C16H26N8O16P4. The fraction of sp³-hybridized carbons (Fsp3) is 0.438. The molecule has 0 saturated carbocycles. The van der Waals surface area contributed by atoms with E-state index in [1.165, 1.54) is 17.1 Å². The second kappa shape index (κ2) is 13.6. The maximum Gasteiger partial charge on any atom is 0.490 e. The van der Waals surface area contributed by atoms with Gasteiger partial charge in [-0.3, -0.25) is 13.7 Å². The average molecular weight is 710 g/mol. The number of aliphatic hydroxyl groups is 2. The molecule has 1 aliphatic heterocycles. The van der Waals surface area contributed by atoms with Crippen LogP contribution in [0.25, 0.3) is 11.2 Å². The Morgan fingerprint density at radius 2 is 1.57 bits per heavy atom. The Balaban J connectivity index is 0.000000340. The van der Waals surface area contributed by atoms with Gasteiger partial charge in [0.05, 0.1) is 19.1 Å². The van der Waals surface area contributed by atoms with Gasteiger partial charge in [-0.1, -0.05) is 0 Å². The predicted octanol–water partition coefficient (Wildman–Crippen LogP) is -1.58. The predicted molar refractivity (Wildman–Crippen MR) is 142 cm³/mol. The normalized spacial score (nSPS) is 23.5. The van der Waals surface area contributed by atoms with E-state index in [-0.39, 0.29) is 28.4 Å². The van der Waals surface area contributed by atoms with E-state index in [0.29, 0.717) is 5.82 Å². The molecule has 0 amide bonds. The molecule has 4 rings (SSSR count). The summed E-state index contributed by atoms with van der Waals surface area (Å²) in [5.74, 6) is 0.642. The van der Waals surface area contributed by atoms with Gasteiger partial charge in [0.2, 0.25) is 0 Å². The second-order valence-electron chi connectivity index (χ2n) is 8.67. The van der Waals surface area contributed by atoms with E-state index in [2.05, 4.69) is 38.1 Å². The number of aliphatic hydroxyl groups excluding tert-OH is 2. The van der Waals surface area contributed by atoms with Crippen molar-refractivity contribution < 1.29 is 75.7 Å². The highest BCUT2D eigenvalue weighted by atomic mass is 31.3. The van der Waals surface area contributed by atoms with Gasteiger partial charge in [-0.25, -0.2) is 38.6 Å². The summed E-state index contributed by atoms with van der Waals surface area (Å²) in [6, 6.07) is 0. The summed E-state index contributed by atoms with van der Waals surface area (Å²) >= 11 is 0. The van der Waals surface area contributed by atoms with Crippen LogP contribution >= 0.6 is 31.1 Å². The molecule has 0 spiro atoms. The Hall–Kier alpha value is -2.33. The van der Waals surface area contributed by atoms with Crippen LogP contribution in [0, 0.1) is 6.92 Å². The van der Waals surface area contributed by atoms with Crippen molar-refractivity contribution in [1.29, 1.82) is 0 Å². The molecule has 0 bridgehead atoms. The summed E-state index contributed by atoms with van der Waals surface area (Å²) in [5.41, 5.74) is 11.7. The van der Waals surface area contributed by atoms with Crippen LogP contribution in [-0.4, -0.2) is 94.0 Å². The van der Waals surface area contributed by atoms with Crippen LogP contribution in [0.5, 0.6) is 0 Å². The van der Waals surface area contributed by atoms with Gasteiger partial charge in [-0.05, 0) is 6.92 Å². The molecule has 28 heteroatoms. The van der Waals surface area contributed by atoms with Gasteiger partial charge in [0, 0.05) is 11.8 Å². The molecule has 44 heavy (non-hydrogen) atoms. The number of nitrogens with two attached hydrogens (primary N) is 2. The number of anilines is 2. The van der Waals surface area contributed by atoms with E-state index in [1.54, 1.807) is 6.92 Å². The van der Waals surface area contributed by atoms with Gasteiger partial charge in [-0.2, -0.15) is 8.62 Å². The lowest BCUT2D eigenvalue weighted by molar-refractivity contribution is -0.0503. The molecule has 4 heterocycles. The van der Waals surface area contributed by atoms with Crippen LogP contribution in [0.2, 0.25) is 0 Å². The minimum absolute atomic E-state index is 0.0426. The molecule has 6 atom stereocenters. The summed E-state index contributed by atoms with van der Waals surface area (Å²) < 4.78 is 62.5. The Morgan fingerprint density at radius 1 is 0.909 bits per heavy atom. The summed E-state index contributed by atoms with van der Waals surface area (Å²) in [7, 11) is -20.8. The highest BCUT2D eigenvalue weighted by Crippen LogP contribution is 2.66. The Bertz CT molecular complexity index is 1680. The van der Waals surface area contributed by atoms with Gasteiger partial charge in [0.1, 0.15) is 41.8 Å². The number of phosphoric ester groups is 1. The molecule has 1 saturated heterocycles. The van der Waals surface area contributed by atoms with E-state index in [9.17, 15) is 33.4 Å². The van der Waals surface area contributed by atoms with Crippen molar-refractivity contribution in [2.75, 3.05) is 18.1 Å². The van der Waals surface area contributed by atoms with Gasteiger partial charge < -0.3 is 55.8 Å². The maximum atomic E-state index is 11.8. The molecule has 0 aliphatic carbocycles. The number of phosphoric acid groups is 3. The van der Waals surface area contributed by atoms with Gasteiger partial charge in [-0.15, -0.1) is 0 Å². The Labute approximate surface area is 245 Å². The zero-order valence-corrected chi connectivity index (χ0v) is 25.5. The first-order chi connectivity index (χ1) is 20.1. The topological polar surface area (TPSA) is 388 Å². The van der Waals surface area contributed by atoms with Crippen LogP contribution in [0.3, 0.4) is 0 Å². The molecule has 1 aliphatic rings. The minimum Gasteiger partial charge on any atom is -0.387 e. The van der Waals surface area contributed by atoms with Crippen LogP contribution in [0.4, 0.5) is 11.6 Å². The number of fused-ring (bicyclic) bond motifs is 1. The quantitative estimate of drug-likeness (QED) is 0.106. The van der Waals surface area contributed by atoms with Crippen molar-refractivity contribution >= 4 is 53.9 Å². The third-order valence-corrected chi connectivity index (χ3v) is 9.77. The number of ether oxygens (including phenoxy) is 1. The number of aryl methyl sites for hydroxylation is 1. The van der Waals surface area contributed by atoms with Gasteiger partial charge >= 0.3 is 31.1 Å². The fourth-order valence-corrected chi connectivity index (χ4v) is 7.20. The van der Waals surface area contributed by atoms with Crippen LogP contribution in [-0.2, 0) is 42.3 Å². The molecule has 12 N–H and O–H groups in total. The van der Waals surface area contributed by atoms with Crippen molar-refractivity contribution in [3.63, 3.8) is 0 Å². The number of nitrogen functional groups attached to an aromatic ring is 2. The number of hydrogen-bond acceptors (Lipinski definition) is 17. The summed E-state index contributed by atoms with van der Waals surface area (Å²) in [5, 5.41) is 20.4. The number of aromatic nitrogens is 6. The number of rotatable bonds is 10. The lowest BCUT2D eigenvalue weighted by Crippen LogP contribution is -2.33.